The molecule has 0 aliphatic heterocycles. The van der Waals surface area contributed by atoms with Gasteiger partial charge in [-0.15, -0.1) is 10.2 Å². The summed E-state index contributed by atoms with van der Waals surface area (Å²) in [5, 5.41) is 25.5. The number of halogens is 2. The summed E-state index contributed by atoms with van der Waals surface area (Å²) in [7, 11) is 0. The number of carbonyl (C=O) groups excluding carboxylic acids is 2. The van der Waals surface area contributed by atoms with Crippen molar-refractivity contribution in [2.24, 2.45) is 0 Å². The van der Waals surface area contributed by atoms with Crippen LogP contribution in [0.3, 0.4) is 0 Å². The van der Waals surface area contributed by atoms with Gasteiger partial charge < -0.3 is 15.2 Å². The summed E-state index contributed by atoms with van der Waals surface area (Å²) in [4.78, 5) is 34.8. The van der Waals surface area contributed by atoms with Crippen LogP contribution in [-0.4, -0.2) is 37.3 Å². The highest BCUT2D eigenvalue weighted by molar-refractivity contribution is 7.99. The van der Waals surface area contributed by atoms with Crippen molar-refractivity contribution in [3.63, 3.8) is 0 Å². The van der Waals surface area contributed by atoms with Gasteiger partial charge in [-0.05, 0) is 37.3 Å². The van der Waals surface area contributed by atoms with Crippen LogP contribution in [0.4, 0.5) is 17.1 Å². The Bertz CT molecular complexity index is 1190. The van der Waals surface area contributed by atoms with E-state index >= 15 is 0 Å². The molecule has 10 nitrogen and oxygen atoms in total. The number of nitrogens with one attached hydrogen (secondary N) is 2. The minimum Gasteiger partial charge on any atom is -0.326 e. The SMILES string of the molecule is CCn1c(CC(=O)Nc2ccc(Cl)c(Cl)c2)nnc1SCC(=O)Nc1ccc([N+](=O)[O-])cc1. The molecule has 2 N–H and O–H groups in total. The Morgan fingerprint density at radius 2 is 1.70 bits per heavy atom. The molecule has 0 spiro atoms. The van der Waals surface area contributed by atoms with Crippen molar-refractivity contribution in [3.05, 3.63) is 68.4 Å². The van der Waals surface area contributed by atoms with Crippen molar-refractivity contribution >= 4 is 63.8 Å². The minimum absolute atomic E-state index is 0.0172. The van der Waals surface area contributed by atoms with E-state index in [1.807, 2.05) is 6.92 Å². The fraction of sp³-hybridized carbons (Fsp3) is 0.200. The normalized spacial score (nSPS) is 10.6. The molecule has 0 aliphatic carbocycles. The van der Waals surface area contributed by atoms with Gasteiger partial charge in [0.15, 0.2) is 5.16 Å². The lowest BCUT2D eigenvalue weighted by molar-refractivity contribution is -0.384. The summed E-state index contributed by atoms with van der Waals surface area (Å²) >= 11 is 13.0. The maximum atomic E-state index is 12.4. The number of hydrogen-bond donors (Lipinski definition) is 2. The molecule has 3 rings (SSSR count). The summed E-state index contributed by atoms with van der Waals surface area (Å²) in [5.74, 6) is -0.111. The average Bonchev–Trinajstić information content (AvgIpc) is 3.16. The Labute approximate surface area is 202 Å². The molecule has 13 heteroatoms. The molecule has 0 radical (unpaired) electrons. The molecule has 172 valence electrons. The Hall–Kier alpha value is -3.15. The van der Waals surface area contributed by atoms with Crippen LogP contribution in [0.25, 0.3) is 0 Å². The summed E-state index contributed by atoms with van der Waals surface area (Å²) in [6, 6.07) is 10.3. The van der Waals surface area contributed by atoms with E-state index in [-0.39, 0.29) is 29.7 Å². The van der Waals surface area contributed by atoms with Gasteiger partial charge in [0.1, 0.15) is 5.82 Å². The number of benzene rings is 2. The Morgan fingerprint density at radius 3 is 2.33 bits per heavy atom. The highest BCUT2D eigenvalue weighted by Gasteiger charge is 2.16. The molecule has 33 heavy (non-hydrogen) atoms. The van der Waals surface area contributed by atoms with Gasteiger partial charge in [-0.25, -0.2) is 0 Å². The number of aromatic nitrogens is 3. The van der Waals surface area contributed by atoms with Gasteiger partial charge in [0, 0.05) is 30.1 Å². The first kappa shape index (κ1) is 24.5. The van der Waals surface area contributed by atoms with E-state index in [1.54, 1.807) is 22.8 Å². The fourth-order valence-electron chi connectivity index (χ4n) is 2.79. The van der Waals surface area contributed by atoms with Crippen molar-refractivity contribution in [1.82, 2.24) is 14.8 Å². The molecular weight excluding hydrogens is 491 g/mol. The summed E-state index contributed by atoms with van der Waals surface area (Å²) in [5.41, 5.74) is 0.895. The molecule has 0 fully saturated rings. The standard InChI is InChI=1S/C20H18Cl2N6O4S/c1-2-27-17(10-18(29)24-13-5-8-15(21)16(22)9-13)25-26-20(27)33-11-19(30)23-12-3-6-14(7-4-12)28(31)32/h3-9H,2,10-11H2,1H3,(H,23,30)(H,24,29). The molecule has 0 aliphatic rings. The number of carbonyl (C=O) groups is 2. The monoisotopic (exact) mass is 508 g/mol. The lowest BCUT2D eigenvalue weighted by Crippen LogP contribution is -2.18. The van der Waals surface area contributed by atoms with Crippen LogP contribution >= 0.6 is 35.0 Å². The van der Waals surface area contributed by atoms with Crippen molar-refractivity contribution in [2.45, 2.75) is 25.0 Å². The van der Waals surface area contributed by atoms with E-state index < -0.39 is 4.92 Å². The molecule has 3 aromatic rings. The Balaban J connectivity index is 1.57. The van der Waals surface area contributed by atoms with Crippen LogP contribution in [0, 0.1) is 10.1 Å². The molecule has 1 heterocycles. The zero-order chi connectivity index (χ0) is 24.0. The second-order valence-electron chi connectivity index (χ2n) is 6.64. The second kappa shape index (κ2) is 11.1. The summed E-state index contributed by atoms with van der Waals surface area (Å²) in [6.07, 6.45) is -0.0172. The minimum atomic E-state index is -0.512. The van der Waals surface area contributed by atoms with Crippen molar-refractivity contribution < 1.29 is 14.5 Å². The zero-order valence-electron chi connectivity index (χ0n) is 17.2. The van der Waals surface area contributed by atoms with Crippen LogP contribution in [0.1, 0.15) is 12.7 Å². The number of nitrogens with zero attached hydrogens (tertiary/aromatic N) is 4. The Morgan fingerprint density at radius 1 is 1.03 bits per heavy atom. The molecule has 0 saturated heterocycles. The Kier molecular flexibility index (Phi) is 8.26. The topological polar surface area (TPSA) is 132 Å². The largest absolute Gasteiger partial charge is 0.326 e. The summed E-state index contributed by atoms with van der Waals surface area (Å²) < 4.78 is 1.75. The molecule has 0 unspecified atom stereocenters. The van der Waals surface area contributed by atoms with Crippen molar-refractivity contribution in [2.75, 3.05) is 16.4 Å². The van der Waals surface area contributed by atoms with E-state index in [0.29, 0.717) is 38.9 Å². The van der Waals surface area contributed by atoms with Gasteiger partial charge in [0.05, 0.1) is 27.1 Å². The number of amides is 2. The highest BCUT2D eigenvalue weighted by Crippen LogP contribution is 2.25. The van der Waals surface area contributed by atoms with E-state index in [9.17, 15) is 19.7 Å². The van der Waals surface area contributed by atoms with Gasteiger partial charge >= 0.3 is 0 Å². The number of thioether (sulfide) groups is 1. The van der Waals surface area contributed by atoms with Crippen LogP contribution in [0.5, 0.6) is 0 Å². The first-order valence-corrected chi connectivity index (χ1v) is 11.3. The van der Waals surface area contributed by atoms with Gasteiger partial charge in [0.2, 0.25) is 11.8 Å². The highest BCUT2D eigenvalue weighted by atomic mass is 35.5. The lowest BCUT2D eigenvalue weighted by atomic mass is 10.3. The quantitative estimate of drug-likeness (QED) is 0.248. The van der Waals surface area contributed by atoms with Crippen LogP contribution in [-0.2, 0) is 22.6 Å². The lowest BCUT2D eigenvalue weighted by Gasteiger charge is -2.09. The third-order valence-corrected chi connectivity index (χ3v) is 6.03. The first-order chi connectivity index (χ1) is 15.8. The van der Waals surface area contributed by atoms with Crippen LogP contribution < -0.4 is 10.6 Å². The van der Waals surface area contributed by atoms with Gasteiger partial charge in [0.25, 0.3) is 5.69 Å². The predicted molar refractivity (Wildman–Crippen MR) is 127 cm³/mol. The third-order valence-electron chi connectivity index (χ3n) is 4.33. The van der Waals surface area contributed by atoms with Gasteiger partial charge in [-0.1, -0.05) is 35.0 Å². The van der Waals surface area contributed by atoms with E-state index in [1.165, 1.54) is 36.0 Å². The molecule has 2 aromatic carbocycles. The first-order valence-electron chi connectivity index (χ1n) is 9.61. The maximum Gasteiger partial charge on any atom is 0.269 e. The molecule has 0 bridgehead atoms. The average molecular weight is 509 g/mol. The predicted octanol–water partition coefficient (Wildman–Crippen LogP) is 4.43. The van der Waals surface area contributed by atoms with E-state index in [0.717, 1.165) is 0 Å². The van der Waals surface area contributed by atoms with Gasteiger partial charge in [-0.2, -0.15) is 0 Å². The molecule has 0 saturated carbocycles. The number of nitro benzene ring substituents is 1. The summed E-state index contributed by atoms with van der Waals surface area (Å²) in [6.45, 7) is 2.39. The van der Waals surface area contributed by atoms with Crippen LogP contribution in [0.2, 0.25) is 10.0 Å². The molecule has 1 aromatic heterocycles. The number of anilines is 2. The van der Waals surface area contributed by atoms with Gasteiger partial charge in [-0.3, -0.25) is 19.7 Å². The number of non-ortho nitro benzene ring substituents is 1. The zero-order valence-corrected chi connectivity index (χ0v) is 19.6. The number of nitro groups is 1. The fourth-order valence-corrected chi connectivity index (χ4v) is 3.91. The maximum absolute atomic E-state index is 12.4. The van der Waals surface area contributed by atoms with Crippen molar-refractivity contribution in [1.29, 1.82) is 0 Å². The molecule has 0 atom stereocenters. The molecule has 2 amide bonds. The van der Waals surface area contributed by atoms with E-state index in [4.69, 9.17) is 23.2 Å². The van der Waals surface area contributed by atoms with Crippen LogP contribution in [0.15, 0.2) is 47.6 Å². The second-order valence-corrected chi connectivity index (χ2v) is 8.39. The number of rotatable bonds is 9. The number of hydrogen-bond acceptors (Lipinski definition) is 7. The van der Waals surface area contributed by atoms with Crippen molar-refractivity contribution in [3.8, 4) is 0 Å². The third kappa shape index (κ3) is 6.67. The molecular formula is C20H18Cl2N6O4S. The van der Waals surface area contributed by atoms with E-state index in [2.05, 4.69) is 20.8 Å². The smallest absolute Gasteiger partial charge is 0.269 e.